The topological polar surface area (TPSA) is 29.5 Å². The summed E-state index contributed by atoms with van der Waals surface area (Å²) >= 11 is 0. The number of carbonyl (C=O) groups is 1. The Kier molecular flexibility index (Phi) is 3.51. The standard InChI is InChI=1S/C17H21NO2/c1-12(7-10-19)15-11-13-5-3-8-18-9-4-6-14(16(13)18)17(15)20-2/h7,10-11H,3-6,8-9H2,1-2H3/b12-7-. The van der Waals surface area contributed by atoms with E-state index in [1.165, 1.54) is 29.7 Å². The molecule has 1 aromatic rings. The molecule has 0 spiro atoms. The van der Waals surface area contributed by atoms with E-state index in [4.69, 9.17) is 4.74 Å². The second-order valence-corrected chi connectivity index (χ2v) is 5.62. The van der Waals surface area contributed by atoms with Crippen LogP contribution in [0.2, 0.25) is 0 Å². The highest BCUT2D eigenvalue weighted by molar-refractivity contribution is 5.85. The van der Waals surface area contributed by atoms with Crippen LogP contribution in [0.25, 0.3) is 5.57 Å². The molecule has 2 aliphatic rings. The van der Waals surface area contributed by atoms with E-state index in [-0.39, 0.29) is 0 Å². The van der Waals surface area contributed by atoms with Gasteiger partial charge in [-0.2, -0.15) is 0 Å². The molecule has 0 saturated carbocycles. The van der Waals surface area contributed by atoms with Gasteiger partial charge in [0.05, 0.1) is 7.11 Å². The Bertz CT molecular complexity index is 573. The van der Waals surface area contributed by atoms with E-state index < -0.39 is 0 Å². The summed E-state index contributed by atoms with van der Waals surface area (Å²) in [6.07, 6.45) is 7.08. The van der Waals surface area contributed by atoms with Crippen LogP contribution in [0, 0.1) is 0 Å². The van der Waals surface area contributed by atoms with Crippen molar-refractivity contribution in [2.45, 2.75) is 32.6 Å². The van der Waals surface area contributed by atoms with Gasteiger partial charge >= 0.3 is 0 Å². The third kappa shape index (κ3) is 2.01. The molecule has 0 radical (unpaired) electrons. The Morgan fingerprint density at radius 1 is 1.30 bits per heavy atom. The van der Waals surface area contributed by atoms with E-state index in [0.29, 0.717) is 0 Å². The average Bonchev–Trinajstić information content (AvgIpc) is 2.48. The lowest BCUT2D eigenvalue weighted by Gasteiger charge is -2.38. The number of allylic oxidation sites excluding steroid dienone is 2. The van der Waals surface area contributed by atoms with Crippen molar-refractivity contribution in [2.24, 2.45) is 0 Å². The van der Waals surface area contributed by atoms with Crippen LogP contribution in [-0.2, 0) is 17.6 Å². The van der Waals surface area contributed by atoms with Gasteiger partial charge in [-0.15, -0.1) is 0 Å². The van der Waals surface area contributed by atoms with Crippen LogP contribution in [0.4, 0.5) is 5.69 Å². The fourth-order valence-electron chi connectivity index (χ4n) is 3.55. The summed E-state index contributed by atoms with van der Waals surface area (Å²) in [5.41, 5.74) is 6.22. The summed E-state index contributed by atoms with van der Waals surface area (Å²) in [5, 5.41) is 0. The van der Waals surface area contributed by atoms with Crippen LogP contribution in [0.5, 0.6) is 5.75 Å². The van der Waals surface area contributed by atoms with Crippen molar-refractivity contribution in [3.05, 3.63) is 28.8 Å². The zero-order valence-corrected chi connectivity index (χ0v) is 12.2. The maximum absolute atomic E-state index is 10.8. The van der Waals surface area contributed by atoms with Gasteiger partial charge in [0.2, 0.25) is 0 Å². The highest BCUT2D eigenvalue weighted by Gasteiger charge is 2.28. The molecular formula is C17H21NO2. The van der Waals surface area contributed by atoms with Crippen LogP contribution < -0.4 is 9.64 Å². The first-order chi connectivity index (χ1) is 9.76. The monoisotopic (exact) mass is 271 g/mol. The molecule has 2 heterocycles. The zero-order chi connectivity index (χ0) is 14.1. The SMILES string of the molecule is COc1c(/C(C)=C\C=O)cc2c3c1CCCN3CCC2. The minimum Gasteiger partial charge on any atom is -0.496 e. The van der Waals surface area contributed by atoms with E-state index in [1.807, 2.05) is 6.92 Å². The van der Waals surface area contributed by atoms with Crippen molar-refractivity contribution in [1.82, 2.24) is 0 Å². The molecule has 0 N–H and O–H groups in total. The number of hydrogen-bond acceptors (Lipinski definition) is 3. The van der Waals surface area contributed by atoms with E-state index >= 15 is 0 Å². The summed E-state index contributed by atoms with van der Waals surface area (Å²) in [6.45, 7) is 4.30. The maximum Gasteiger partial charge on any atom is 0.143 e. The minimum atomic E-state index is 0.853. The molecule has 0 unspecified atom stereocenters. The van der Waals surface area contributed by atoms with Crippen molar-refractivity contribution in [1.29, 1.82) is 0 Å². The Balaban J connectivity index is 2.23. The van der Waals surface area contributed by atoms with Crippen molar-refractivity contribution >= 4 is 17.5 Å². The molecule has 2 aliphatic heterocycles. The molecule has 20 heavy (non-hydrogen) atoms. The lowest BCUT2D eigenvalue weighted by molar-refractivity contribution is -0.104. The number of carbonyl (C=O) groups excluding carboxylic acids is 1. The molecule has 0 fully saturated rings. The zero-order valence-electron chi connectivity index (χ0n) is 12.2. The van der Waals surface area contributed by atoms with Gasteiger partial charge in [-0.1, -0.05) is 0 Å². The first-order valence-electron chi connectivity index (χ1n) is 7.36. The number of anilines is 1. The van der Waals surface area contributed by atoms with Gasteiger partial charge in [-0.25, -0.2) is 0 Å². The molecule has 106 valence electrons. The fraction of sp³-hybridized carbons (Fsp3) is 0.471. The third-order valence-electron chi connectivity index (χ3n) is 4.42. The van der Waals surface area contributed by atoms with Crippen LogP contribution in [0.1, 0.15) is 36.5 Å². The van der Waals surface area contributed by atoms with Gasteiger partial charge in [-0.05, 0) is 55.9 Å². The largest absolute Gasteiger partial charge is 0.496 e. The Morgan fingerprint density at radius 2 is 2.05 bits per heavy atom. The number of hydrogen-bond donors (Lipinski definition) is 0. The van der Waals surface area contributed by atoms with Gasteiger partial charge in [0.15, 0.2) is 0 Å². The van der Waals surface area contributed by atoms with E-state index in [1.54, 1.807) is 13.2 Å². The number of benzene rings is 1. The van der Waals surface area contributed by atoms with Gasteiger partial charge in [0.25, 0.3) is 0 Å². The number of aldehydes is 1. The number of ether oxygens (including phenoxy) is 1. The lowest BCUT2D eigenvalue weighted by Crippen LogP contribution is -2.34. The molecular weight excluding hydrogens is 250 g/mol. The second kappa shape index (κ2) is 5.31. The van der Waals surface area contributed by atoms with Crippen molar-refractivity contribution in [2.75, 3.05) is 25.1 Å². The molecule has 0 saturated heterocycles. The van der Waals surface area contributed by atoms with E-state index in [2.05, 4.69) is 11.0 Å². The highest BCUT2D eigenvalue weighted by Crippen LogP contribution is 2.44. The number of aryl methyl sites for hydroxylation is 1. The lowest BCUT2D eigenvalue weighted by atomic mass is 9.87. The van der Waals surface area contributed by atoms with Gasteiger partial charge in [-0.3, -0.25) is 4.79 Å². The summed E-state index contributed by atoms with van der Waals surface area (Å²) in [7, 11) is 1.73. The molecule has 0 amide bonds. The average molecular weight is 271 g/mol. The summed E-state index contributed by atoms with van der Waals surface area (Å²) in [6, 6.07) is 2.23. The van der Waals surface area contributed by atoms with Crippen LogP contribution >= 0.6 is 0 Å². The number of nitrogens with zero attached hydrogens (tertiary/aromatic N) is 1. The summed E-state index contributed by atoms with van der Waals surface area (Å²) < 4.78 is 5.70. The molecule has 3 nitrogen and oxygen atoms in total. The predicted molar refractivity (Wildman–Crippen MR) is 81.6 cm³/mol. The van der Waals surface area contributed by atoms with Crippen molar-refractivity contribution < 1.29 is 9.53 Å². The number of methoxy groups -OCH3 is 1. The highest BCUT2D eigenvalue weighted by atomic mass is 16.5. The van der Waals surface area contributed by atoms with E-state index in [0.717, 1.165) is 49.1 Å². The predicted octanol–water partition coefficient (Wildman–Crippen LogP) is 3.00. The Labute approximate surface area is 120 Å². The molecule has 3 rings (SSSR count). The van der Waals surface area contributed by atoms with Crippen LogP contribution in [-0.4, -0.2) is 26.5 Å². The second-order valence-electron chi connectivity index (χ2n) is 5.62. The van der Waals surface area contributed by atoms with Gasteiger partial charge < -0.3 is 9.64 Å². The van der Waals surface area contributed by atoms with Crippen LogP contribution in [0.3, 0.4) is 0 Å². The van der Waals surface area contributed by atoms with Gasteiger partial charge in [0, 0.05) is 29.9 Å². The number of rotatable bonds is 3. The molecule has 0 bridgehead atoms. The fourth-order valence-corrected chi connectivity index (χ4v) is 3.55. The molecule has 0 atom stereocenters. The summed E-state index contributed by atoms with van der Waals surface area (Å²) in [4.78, 5) is 13.3. The first kappa shape index (κ1) is 13.2. The molecule has 0 aliphatic carbocycles. The Morgan fingerprint density at radius 3 is 2.75 bits per heavy atom. The smallest absolute Gasteiger partial charge is 0.143 e. The first-order valence-corrected chi connectivity index (χ1v) is 7.36. The molecule has 0 aromatic heterocycles. The summed E-state index contributed by atoms with van der Waals surface area (Å²) in [5.74, 6) is 0.964. The van der Waals surface area contributed by atoms with Crippen LogP contribution in [0.15, 0.2) is 12.1 Å². The minimum absolute atomic E-state index is 0.853. The third-order valence-corrected chi connectivity index (χ3v) is 4.42. The van der Waals surface area contributed by atoms with Crippen molar-refractivity contribution in [3.8, 4) is 5.75 Å². The van der Waals surface area contributed by atoms with E-state index in [9.17, 15) is 4.79 Å². The normalized spacial score (nSPS) is 17.7. The molecule has 3 heteroatoms. The molecule has 1 aromatic carbocycles. The quantitative estimate of drug-likeness (QED) is 0.625. The van der Waals surface area contributed by atoms with Gasteiger partial charge in [0.1, 0.15) is 12.0 Å². The maximum atomic E-state index is 10.8. The Hall–Kier alpha value is -1.77. The van der Waals surface area contributed by atoms with Crippen molar-refractivity contribution in [3.63, 3.8) is 0 Å².